The Labute approximate surface area is 148 Å². The second-order valence-electron chi connectivity index (χ2n) is 9.22. The lowest BCUT2D eigenvalue weighted by Gasteiger charge is -2.37. The standard InChI is InChI=1S/C19H38N2O3/c1-10-19(11-2,21-15(22)23-16(3,4)5)13-20-14-12-17(6,7)24-18(14,8)9/h14,20H,10-13H2,1-9H3,(H,21,22). The van der Waals surface area contributed by atoms with E-state index in [0.29, 0.717) is 6.54 Å². The van der Waals surface area contributed by atoms with Crippen molar-refractivity contribution in [1.29, 1.82) is 0 Å². The Morgan fingerprint density at radius 3 is 2.08 bits per heavy atom. The number of hydrogen-bond acceptors (Lipinski definition) is 4. The molecule has 142 valence electrons. The highest BCUT2D eigenvalue weighted by Crippen LogP contribution is 2.37. The van der Waals surface area contributed by atoms with Crippen LogP contribution in [0.1, 0.15) is 81.6 Å². The Morgan fingerprint density at radius 1 is 1.17 bits per heavy atom. The van der Waals surface area contributed by atoms with E-state index in [2.05, 4.69) is 52.2 Å². The van der Waals surface area contributed by atoms with E-state index in [4.69, 9.17) is 9.47 Å². The van der Waals surface area contributed by atoms with Crippen LogP contribution in [-0.4, -0.2) is 41.0 Å². The zero-order valence-electron chi connectivity index (χ0n) is 17.1. The molecule has 24 heavy (non-hydrogen) atoms. The van der Waals surface area contributed by atoms with Crippen LogP contribution in [0.2, 0.25) is 0 Å². The average molecular weight is 343 g/mol. The van der Waals surface area contributed by atoms with Gasteiger partial charge in [0.1, 0.15) is 5.60 Å². The molecule has 1 fully saturated rings. The van der Waals surface area contributed by atoms with E-state index >= 15 is 0 Å². The fourth-order valence-electron chi connectivity index (χ4n) is 3.44. The van der Waals surface area contributed by atoms with Crippen LogP contribution in [0.4, 0.5) is 4.79 Å². The molecule has 0 bridgehead atoms. The lowest BCUT2D eigenvalue weighted by molar-refractivity contribution is -0.0701. The number of ether oxygens (including phenoxy) is 2. The van der Waals surface area contributed by atoms with E-state index in [1.54, 1.807) is 0 Å². The van der Waals surface area contributed by atoms with Gasteiger partial charge in [-0.05, 0) is 67.7 Å². The third-order valence-electron chi connectivity index (χ3n) is 4.88. The Hall–Kier alpha value is -0.810. The van der Waals surface area contributed by atoms with Crippen LogP contribution in [0.25, 0.3) is 0 Å². The maximum atomic E-state index is 12.2. The minimum absolute atomic E-state index is 0.124. The van der Waals surface area contributed by atoms with Crippen molar-refractivity contribution in [1.82, 2.24) is 10.6 Å². The zero-order chi connectivity index (χ0) is 18.8. The predicted molar refractivity (Wildman–Crippen MR) is 98.3 cm³/mol. The average Bonchev–Trinajstić information content (AvgIpc) is 2.60. The van der Waals surface area contributed by atoms with Crippen molar-refractivity contribution in [3.05, 3.63) is 0 Å². The molecule has 0 aromatic rings. The molecule has 0 aromatic carbocycles. The van der Waals surface area contributed by atoms with Gasteiger partial charge in [0, 0.05) is 12.6 Å². The first-order valence-electron chi connectivity index (χ1n) is 9.19. The van der Waals surface area contributed by atoms with E-state index in [9.17, 15) is 4.79 Å². The molecule has 1 rings (SSSR count). The van der Waals surface area contributed by atoms with Gasteiger partial charge in [0.05, 0.1) is 16.7 Å². The molecule has 5 nitrogen and oxygen atoms in total. The molecule has 1 aliphatic heterocycles. The van der Waals surface area contributed by atoms with Gasteiger partial charge >= 0.3 is 6.09 Å². The smallest absolute Gasteiger partial charge is 0.408 e. The number of carbonyl (C=O) groups is 1. The van der Waals surface area contributed by atoms with Crippen LogP contribution in [0, 0.1) is 0 Å². The fourth-order valence-corrected chi connectivity index (χ4v) is 3.44. The van der Waals surface area contributed by atoms with Crippen molar-refractivity contribution in [2.24, 2.45) is 0 Å². The molecule has 0 aromatic heterocycles. The number of nitrogens with one attached hydrogen (secondary N) is 2. The van der Waals surface area contributed by atoms with Crippen molar-refractivity contribution < 1.29 is 14.3 Å². The van der Waals surface area contributed by atoms with E-state index in [1.807, 2.05) is 20.8 Å². The molecule has 1 heterocycles. The summed E-state index contributed by atoms with van der Waals surface area (Å²) in [6.07, 6.45) is 2.28. The van der Waals surface area contributed by atoms with E-state index in [-0.39, 0.29) is 28.9 Å². The molecule has 2 N–H and O–H groups in total. The van der Waals surface area contributed by atoms with E-state index < -0.39 is 5.60 Å². The Bertz CT molecular complexity index is 434. The highest BCUT2D eigenvalue weighted by molar-refractivity contribution is 5.68. The second kappa shape index (κ2) is 7.20. The minimum atomic E-state index is -0.490. The summed E-state index contributed by atoms with van der Waals surface area (Å²) in [5.74, 6) is 0. The van der Waals surface area contributed by atoms with Gasteiger partial charge in [-0.25, -0.2) is 4.79 Å². The SMILES string of the molecule is CCC(CC)(CNC1CC(C)(C)OC1(C)C)NC(=O)OC(C)(C)C. The van der Waals surface area contributed by atoms with Gasteiger partial charge in [0.15, 0.2) is 0 Å². The monoisotopic (exact) mass is 342 g/mol. The molecule has 1 amide bonds. The first-order valence-corrected chi connectivity index (χ1v) is 9.19. The Morgan fingerprint density at radius 2 is 1.71 bits per heavy atom. The molecule has 1 saturated heterocycles. The summed E-state index contributed by atoms with van der Waals surface area (Å²) in [4.78, 5) is 12.2. The van der Waals surface area contributed by atoms with Gasteiger partial charge in [0.25, 0.3) is 0 Å². The summed E-state index contributed by atoms with van der Waals surface area (Å²) >= 11 is 0. The molecule has 5 heteroatoms. The normalized spacial score (nSPS) is 23.1. The van der Waals surface area contributed by atoms with Crippen molar-refractivity contribution in [3.8, 4) is 0 Å². The highest BCUT2D eigenvalue weighted by atomic mass is 16.6. The lowest BCUT2D eigenvalue weighted by atomic mass is 9.89. The largest absolute Gasteiger partial charge is 0.444 e. The summed E-state index contributed by atoms with van der Waals surface area (Å²) in [5.41, 5.74) is -1.15. The summed E-state index contributed by atoms with van der Waals surface area (Å²) in [6, 6.07) is 0.255. The number of amides is 1. The first kappa shape index (κ1) is 21.2. The molecular formula is C19H38N2O3. The molecule has 0 spiro atoms. The Kier molecular flexibility index (Phi) is 6.37. The molecule has 1 aliphatic rings. The van der Waals surface area contributed by atoms with Gasteiger partial charge in [-0.1, -0.05) is 13.8 Å². The minimum Gasteiger partial charge on any atom is -0.444 e. The Balaban J connectivity index is 2.74. The summed E-state index contributed by atoms with van der Waals surface area (Å²) in [5, 5.41) is 6.74. The number of rotatable bonds is 6. The predicted octanol–water partition coefficient (Wildman–Crippen LogP) is 4.01. The summed E-state index contributed by atoms with van der Waals surface area (Å²) in [7, 11) is 0. The fraction of sp³-hybridized carbons (Fsp3) is 0.947. The lowest BCUT2D eigenvalue weighted by Crippen LogP contribution is -2.58. The van der Waals surface area contributed by atoms with Crippen LogP contribution in [-0.2, 0) is 9.47 Å². The van der Waals surface area contributed by atoms with Crippen LogP contribution in [0.5, 0.6) is 0 Å². The topological polar surface area (TPSA) is 59.6 Å². The second-order valence-corrected chi connectivity index (χ2v) is 9.22. The molecule has 1 unspecified atom stereocenters. The quantitative estimate of drug-likeness (QED) is 0.766. The zero-order valence-corrected chi connectivity index (χ0v) is 17.1. The van der Waals surface area contributed by atoms with Gasteiger partial charge < -0.3 is 20.1 Å². The highest BCUT2D eigenvalue weighted by Gasteiger charge is 2.46. The van der Waals surface area contributed by atoms with E-state index in [0.717, 1.165) is 19.3 Å². The van der Waals surface area contributed by atoms with Crippen LogP contribution >= 0.6 is 0 Å². The molecule has 1 atom stereocenters. The molecule has 0 saturated carbocycles. The van der Waals surface area contributed by atoms with Crippen molar-refractivity contribution in [2.45, 2.75) is 110 Å². The van der Waals surface area contributed by atoms with Gasteiger partial charge in [-0.2, -0.15) is 0 Å². The maximum Gasteiger partial charge on any atom is 0.408 e. The molecule has 0 radical (unpaired) electrons. The number of hydrogen-bond donors (Lipinski definition) is 2. The number of alkyl carbamates (subject to hydrolysis) is 1. The van der Waals surface area contributed by atoms with Crippen LogP contribution < -0.4 is 10.6 Å². The van der Waals surface area contributed by atoms with Crippen molar-refractivity contribution >= 4 is 6.09 Å². The number of carbonyl (C=O) groups excluding carboxylic acids is 1. The third-order valence-corrected chi connectivity index (χ3v) is 4.88. The first-order chi connectivity index (χ1) is 10.7. The van der Waals surface area contributed by atoms with Gasteiger partial charge in [-0.3, -0.25) is 0 Å². The van der Waals surface area contributed by atoms with Gasteiger partial charge in [0.2, 0.25) is 0 Å². The van der Waals surface area contributed by atoms with E-state index in [1.165, 1.54) is 0 Å². The van der Waals surface area contributed by atoms with Gasteiger partial charge in [-0.15, -0.1) is 0 Å². The molecular weight excluding hydrogens is 304 g/mol. The van der Waals surface area contributed by atoms with Crippen LogP contribution in [0.15, 0.2) is 0 Å². The summed E-state index contributed by atoms with van der Waals surface area (Å²) in [6.45, 7) is 19.0. The maximum absolute atomic E-state index is 12.2. The molecule has 0 aliphatic carbocycles. The van der Waals surface area contributed by atoms with Crippen molar-refractivity contribution in [3.63, 3.8) is 0 Å². The van der Waals surface area contributed by atoms with Crippen molar-refractivity contribution in [2.75, 3.05) is 6.54 Å². The third kappa shape index (κ3) is 5.92. The summed E-state index contributed by atoms with van der Waals surface area (Å²) < 4.78 is 11.6. The van der Waals surface area contributed by atoms with Crippen LogP contribution in [0.3, 0.4) is 0 Å².